The third-order valence-corrected chi connectivity index (χ3v) is 6.45. The van der Waals surface area contributed by atoms with E-state index in [4.69, 9.17) is 4.74 Å². The Hall–Kier alpha value is -2.47. The Morgan fingerprint density at radius 3 is 2.80 bits per heavy atom. The van der Waals surface area contributed by atoms with Crippen LogP contribution in [0.1, 0.15) is 49.4 Å². The van der Waals surface area contributed by atoms with Crippen LogP contribution in [0.3, 0.4) is 0 Å². The van der Waals surface area contributed by atoms with Crippen LogP contribution in [0.25, 0.3) is 0 Å². The van der Waals surface area contributed by atoms with Gasteiger partial charge >= 0.3 is 0 Å². The van der Waals surface area contributed by atoms with Crippen molar-refractivity contribution in [1.82, 2.24) is 15.2 Å². The average molecular weight is 412 g/mol. The molecule has 2 atom stereocenters. The molecule has 0 unspecified atom stereocenters. The van der Waals surface area contributed by atoms with E-state index in [1.165, 1.54) is 7.11 Å². The number of nitrogens with zero attached hydrogens (tertiary/aromatic N) is 2. The highest BCUT2D eigenvalue weighted by atomic mass is 19.1. The maximum atomic E-state index is 14.6. The summed E-state index contributed by atoms with van der Waals surface area (Å²) < 4.78 is 19.8. The SMILES string of the molecule is COc1cccc(CN2CCC[C@H]([C@H](NC(=O)C3CCC3)c3ccccn3)C2)c1F. The molecule has 1 saturated heterocycles. The van der Waals surface area contributed by atoms with E-state index in [1.54, 1.807) is 12.3 Å². The number of carbonyl (C=O) groups is 1. The van der Waals surface area contributed by atoms with E-state index in [0.717, 1.165) is 50.9 Å². The zero-order valence-electron chi connectivity index (χ0n) is 17.5. The number of benzene rings is 1. The predicted molar refractivity (Wildman–Crippen MR) is 113 cm³/mol. The van der Waals surface area contributed by atoms with Gasteiger partial charge in [-0.15, -0.1) is 0 Å². The van der Waals surface area contributed by atoms with Crippen LogP contribution in [0, 0.1) is 17.7 Å². The Labute approximate surface area is 177 Å². The van der Waals surface area contributed by atoms with Crippen molar-refractivity contribution in [2.45, 2.75) is 44.7 Å². The number of aromatic nitrogens is 1. The van der Waals surface area contributed by atoms with E-state index in [1.807, 2.05) is 30.3 Å². The monoisotopic (exact) mass is 411 g/mol. The summed E-state index contributed by atoms with van der Waals surface area (Å²) in [6, 6.07) is 11.0. The van der Waals surface area contributed by atoms with Crippen molar-refractivity contribution in [3.05, 3.63) is 59.7 Å². The second-order valence-corrected chi connectivity index (χ2v) is 8.44. The number of nitrogens with one attached hydrogen (secondary N) is 1. The van der Waals surface area contributed by atoms with Crippen molar-refractivity contribution >= 4 is 5.91 Å². The van der Waals surface area contributed by atoms with Gasteiger partial charge in [-0.3, -0.25) is 14.7 Å². The van der Waals surface area contributed by atoms with Crippen molar-refractivity contribution in [3.63, 3.8) is 0 Å². The number of halogens is 1. The number of ether oxygens (including phenoxy) is 1. The number of methoxy groups -OCH3 is 1. The Morgan fingerprint density at radius 2 is 2.10 bits per heavy atom. The standard InChI is InChI=1S/C24H30FN3O2/c1-30-21-12-5-9-18(22(21)25)15-28-14-6-10-19(16-28)23(20-11-2-3-13-26-20)27-24(29)17-7-4-8-17/h2-3,5,9,11-13,17,19,23H,4,6-8,10,14-16H2,1H3,(H,27,29)/t19-,23-/m0/s1. The normalized spacial score (nSPS) is 20.9. The van der Waals surface area contributed by atoms with E-state index in [9.17, 15) is 9.18 Å². The fourth-order valence-corrected chi connectivity index (χ4v) is 4.52. The lowest BCUT2D eigenvalue weighted by atomic mass is 9.83. The third-order valence-electron chi connectivity index (χ3n) is 6.45. The summed E-state index contributed by atoms with van der Waals surface area (Å²) >= 11 is 0. The lowest BCUT2D eigenvalue weighted by Gasteiger charge is -2.38. The molecule has 1 saturated carbocycles. The van der Waals surface area contributed by atoms with Gasteiger partial charge in [-0.2, -0.15) is 0 Å². The average Bonchev–Trinajstić information content (AvgIpc) is 2.73. The molecule has 5 nitrogen and oxygen atoms in total. The lowest BCUT2D eigenvalue weighted by Crippen LogP contribution is -2.45. The molecule has 1 amide bonds. The fourth-order valence-electron chi connectivity index (χ4n) is 4.52. The molecule has 1 aliphatic heterocycles. The van der Waals surface area contributed by atoms with Crippen LogP contribution < -0.4 is 10.1 Å². The molecule has 2 fully saturated rings. The van der Waals surface area contributed by atoms with Gasteiger partial charge in [0, 0.05) is 30.8 Å². The van der Waals surface area contributed by atoms with Crippen molar-refractivity contribution in [1.29, 1.82) is 0 Å². The third kappa shape index (κ3) is 4.64. The molecular formula is C24H30FN3O2. The van der Waals surface area contributed by atoms with Crippen LogP contribution in [0.15, 0.2) is 42.6 Å². The minimum absolute atomic E-state index is 0.114. The molecule has 1 N–H and O–H groups in total. The maximum Gasteiger partial charge on any atom is 0.223 e. The van der Waals surface area contributed by atoms with Gasteiger partial charge in [-0.25, -0.2) is 4.39 Å². The number of hydrogen-bond acceptors (Lipinski definition) is 4. The Bertz CT molecular complexity index is 857. The van der Waals surface area contributed by atoms with E-state index in [0.29, 0.717) is 12.1 Å². The minimum Gasteiger partial charge on any atom is -0.494 e. The number of hydrogen-bond donors (Lipinski definition) is 1. The zero-order chi connectivity index (χ0) is 20.9. The van der Waals surface area contributed by atoms with Crippen molar-refractivity contribution < 1.29 is 13.9 Å². The van der Waals surface area contributed by atoms with Crippen LogP contribution >= 0.6 is 0 Å². The molecule has 2 heterocycles. The molecule has 0 radical (unpaired) electrons. The van der Waals surface area contributed by atoms with E-state index in [-0.39, 0.29) is 35.4 Å². The highest BCUT2D eigenvalue weighted by Gasteiger charge is 2.33. The van der Waals surface area contributed by atoms with Gasteiger partial charge in [0.25, 0.3) is 0 Å². The van der Waals surface area contributed by atoms with Crippen LogP contribution in [0.2, 0.25) is 0 Å². The first kappa shape index (κ1) is 20.8. The predicted octanol–water partition coefficient (Wildman–Crippen LogP) is 4.10. The van der Waals surface area contributed by atoms with Crippen LogP contribution in [0.5, 0.6) is 5.75 Å². The summed E-state index contributed by atoms with van der Waals surface area (Å²) in [5.74, 6) is 0.517. The smallest absolute Gasteiger partial charge is 0.223 e. The molecule has 0 bridgehead atoms. The van der Waals surface area contributed by atoms with Gasteiger partial charge in [-0.1, -0.05) is 24.6 Å². The number of pyridine rings is 1. The summed E-state index contributed by atoms with van der Waals surface area (Å²) in [4.78, 5) is 19.5. The summed E-state index contributed by atoms with van der Waals surface area (Å²) in [7, 11) is 1.49. The molecular weight excluding hydrogens is 381 g/mol. The number of piperidine rings is 1. The number of likely N-dealkylation sites (tertiary alicyclic amines) is 1. The quantitative estimate of drug-likeness (QED) is 0.745. The molecule has 4 rings (SSSR count). The lowest BCUT2D eigenvalue weighted by molar-refractivity contribution is -0.128. The van der Waals surface area contributed by atoms with Gasteiger partial charge in [0.05, 0.1) is 18.8 Å². The van der Waals surface area contributed by atoms with Crippen LogP contribution in [-0.2, 0) is 11.3 Å². The Kier molecular flexibility index (Phi) is 6.62. The highest BCUT2D eigenvalue weighted by molar-refractivity contribution is 5.79. The van der Waals surface area contributed by atoms with Gasteiger partial charge in [0.2, 0.25) is 5.91 Å². The molecule has 1 aromatic carbocycles. The molecule has 1 aliphatic carbocycles. The maximum absolute atomic E-state index is 14.6. The number of carbonyl (C=O) groups excluding carboxylic acids is 1. The molecule has 0 spiro atoms. The Morgan fingerprint density at radius 1 is 1.23 bits per heavy atom. The summed E-state index contributed by atoms with van der Waals surface area (Å²) in [5, 5.41) is 3.30. The minimum atomic E-state index is -0.290. The second-order valence-electron chi connectivity index (χ2n) is 8.44. The van der Waals surface area contributed by atoms with Crippen LogP contribution in [-0.4, -0.2) is 36.0 Å². The van der Waals surface area contributed by atoms with Crippen molar-refractivity contribution in [2.24, 2.45) is 11.8 Å². The first-order valence-electron chi connectivity index (χ1n) is 10.9. The fraction of sp³-hybridized carbons (Fsp3) is 0.500. The molecule has 2 aromatic rings. The molecule has 30 heavy (non-hydrogen) atoms. The largest absolute Gasteiger partial charge is 0.494 e. The summed E-state index contributed by atoms with van der Waals surface area (Å²) in [6.07, 6.45) is 6.90. The van der Waals surface area contributed by atoms with Crippen LogP contribution in [0.4, 0.5) is 4.39 Å². The van der Waals surface area contributed by atoms with Gasteiger partial charge in [-0.05, 0) is 56.3 Å². The number of rotatable bonds is 7. The van der Waals surface area contributed by atoms with Crippen molar-refractivity contribution in [3.8, 4) is 5.75 Å². The topological polar surface area (TPSA) is 54.5 Å². The van der Waals surface area contributed by atoms with E-state index < -0.39 is 0 Å². The molecule has 160 valence electrons. The zero-order valence-corrected chi connectivity index (χ0v) is 17.5. The van der Waals surface area contributed by atoms with E-state index >= 15 is 0 Å². The highest BCUT2D eigenvalue weighted by Crippen LogP contribution is 2.33. The first-order chi connectivity index (χ1) is 14.7. The molecule has 1 aromatic heterocycles. The van der Waals surface area contributed by atoms with Gasteiger partial charge < -0.3 is 10.1 Å². The van der Waals surface area contributed by atoms with Crippen molar-refractivity contribution in [2.75, 3.05) is 20.2 Å². The number of amides is 1. The van der Waals surface area contributed by atoms with E-state index in [2.05, 4.69) is 15.2 Å². The first-order valence-corrected chi connectivity index (χ1v) is 10.9. The van der Waals surface area contributed by atoms with Gasteiger partial charge in [0.1, 0.15) is 0 Å². The molecule has 6 heteroatoms. The van der Waals surface area contributed by atoms with Gasteiger partial charge in [0.15, 0.2) is 11.6 Å². The Balaban J connectivity index is 1.49. The summed E-state index contributed by atoms with van der Waals surface area (Å²) in [6.45, 7) is 2.24. The summed E-state index contributed by atoms with van der Waals surface area (Å²) in [5.41, 5.74) is 1.55. The molecule has 2 aliphatic rings. The second kappa shape index (κ2) is 9.56.